The van der Waals surface area contributed by atoms with Crippen LogP contribution in [0.5, 0.6) is 5.75 Å². The topological polar surface area (TPSA) is 139 Å². The van der Waals surface area contributed by atoms with Crippen molar-refractivity contribution in [2.75, 3.05) is 20.7 Å². The molecule has 0 spiro atoms. The van der Waals surface area contributed by atoms with Crippen molar-refractivity contribution in [2.24, 2.45) is 11.7 Å². The lowest BCUT2D eigenvalue weighted by Crippen LogP contribution is -2.38. The molecular formula is C29H45N5O4S. The van der Waals surface area contributed by atoms with Gasteiger partial charge >= 0.3 is 0 Å². The molecule has 0 bridgehead atoms. The van der Waals surface area contributed by atoms with E-state index in [1.54, 1.807) is 51.5 Å². The number of likely N-dealkylation sites (N-methyl/N-ethyl adjacent to an activating group) is 1. The molecule has 4 rings (SSSR count). The van der Waals surface area contributed by atoms with Crippen molar-refractivity contribution in [2.45, 2.75) is 73.3 Å². The molecule has 9 nitrogen and oxygen atoms in total. The molecule has 1 atom stereocenters. The number of hydrogen-bond acceptors (Lipinski definition) is 7. The number of carbonyl (C=O) groups excluding carboxylic acids is 2. The van der Waals surface area contributed by atoms with Crippen LogP contribution >= 0.6 is 11.3 Å². The first-order valence-electron chi connectivity index (χ1n) is 13.4. The Balaban J connectivity index is 0.000000369. The number of nitrogens with two attached hydrogens (primary N) is 1. The van der Waals surface area contributed by atoms with Gasteiger partial charge < -0.3 is 26.1 Å². The van der Waals surface area contributed by atoms with E-state index in [0.29, 0.717) is 11.3 Å². The lowest BCUT2D eigenvalue weighted by Gasteiger charge is -2.09. The predicted octanol–water partition coefficient (Wildman–Crippen LogP) is 4.73. The summed E-state index contributed by atoms with van der Waals surface area (Å²) in [5.41, 5.74) is 8.33. The van der Waals surface area contributed by atoms with Crippen LogP contribution in [0.4, 0.5) is 0 Å². The van der Waals surface area contributed by atoms with Crippen LogP contribution in [0.1, 0.15) is 71.6 Å². The van der Waals surface area contributed by atoms with Crippen molar-refractivity contribution < 1.29 is 14.3 Å². The number of carbonyl (C=O) groups is 2. The quantitative estimate of drug-likeness (QED) is 0.356. The average molecular weight is 560 g/mol. The minimum Gasteiger partial charge on any atom is -0.496 e. The number of aryl methyl sites for hydroxylation is 1. The van der Waals surface area contributed by atoms with Crippen molar-refractivity contribution in [3.05, 3.63) is 45.1 Å². The van der Waals surface area contributed by atoms with Crippen molar-refractivity contribution in [1.29, 1.82) is 0 Å². The zero-order valence-electron chi connectivity index (χ0n) is 24.7. The standard InChI is InChI=1S/C17H18N2O2S.C6H12N2O.C4H9NO.C2H6/c1-9(2)13-8-22-17(19-13)12-7-14(20)11-5-6-15(21-4)10(3)16(11)18-12;1-7-6(9)5-3-2-4-8-5;1-3(2)4(5)6;1-2/h5-9H,1-4H3,(H,18,20);5,8H,2-4H2,1H3,(H,7,9);3H,1-2H3,(H2,5,6);1-2H3. The average Bonchev–Trinajstić information content (AvgIpc) is 3.64. The molecule has 0 aliphatic carbocycles. The number of hydrogen-bond donors (Lipinski definition) is 4. The molecule has 5 N–H and O–H groups in total. The highest BCUT2D eigenvalue weighted by molar-refractivity contribution is 7.13. The highest BCUT2D eigenvalue weighted by atomic mass is 32.1. The maximum Gasteiger partial charge on any atom is 0.236 e. The number of methoxy groups -OCH3 is 1. The number of aromatic amines is 1. The monoisotopic (exact) mass is 559 g/mol. The molecule has 1 saturated heterocycles. The van der Waals surface area contributed by atoms with E-state index >= 15 is 0 Å². The molecule has 3 aromatic rings. The fourth-order valence-corrected chi connectivity index (χ4v) is 4.48. The summed E-state index contributed by atoms with van der Waals surface area (Å²) in [5.74, 6) is 1.01. The molecule has 1 unspecified atom stereocenters. The number of nitrogens with zero attached hydrogens (tertiary/aromatic N) is 1. The van der Waals surface area contributed by atoms with Crippen molar-refractivity contribution in [3.63, 3.8) is 0 Å². The van der Waals surface area contributed by atoms with Gasteiger partial charge in [-0.3, -0.25) is 14.4 Å². The molecule has 1 aromatic carbocycles. The Hall–Kier alpha value is -3.24. The molecule has 3 heterocycles. The van der Waals surface area contributed by atoms with Gasteiger partial charge in [0.2, 0.25) is 11.8 Å². The number of H-pyrrole nitrogens is 1. The van der Waals surface area contributed by atoms with Crippen LogP contribution in [0.3, 0.4) is 0 Å². The SMILES string of the molecule is CC.CC(C)C(N)=O.CNC(=O)C1CCCN1.COc1ccc2c(=O)cc(-c3nc(C(C)C)cs3)[nH]c2c1C. The highest BCUT2D eigenvalue weighted by Crippen LogP contribution is 2.29. The lowest BCUT2D eigenvalue weighted by atomic mass is 10.1. The molecule has 1 aliphatic heterocycles. The first-order valence-corrected chi connectivity index (χ1v) is 14.3. The third-order valence-electron chi connectivity index (χ3n) is 5.97. The van der Waals surface area contributed by atoms with Gasteiger partial charge in [-0.1, -0.05) is 41.5 Å². The number of rotatable bonds is 5. The molecule has 1 aliphatic rings. The van der Waals surface area contributed by atoms with Gasteiger partial charge in [0.1, 0.15) is 10.8 Å². The zero-order chi connectivity index (χ0) is 29.7. The van der Waals surface area contributed by atoms with Crippen molar-refractivity contribution >= 4 is 34.1 Å². The lowest BCUT2D eigenvalue weighted by molar-refractivity contribution is -0.122. The number of thiazole rings is 1. The van der Waals surface area contributed by atoms with E-state index in [2.05, 4.69) is 34.4 Å². The maximum atomic E-state index is 12.4. The molecule has 216 valence electrons. The Morgan fingerprint density at radius 3 is 2.31 bits per heavy atom. The minimum absolute atomic E-state index is 0.00389. The number of benzene rings is 1. The number of aromatic nitrogens is 2. The van der Waals surface area contributed by atoms with E-state index in [-0.39, 0.29) is 29.2 Å². The molecule has 1 fully saturated rings. The minimum atomic E-state index is -0.241. The molecule has 0 radical (unpaired) electrons. The van der Waals surface area contributed by atoms with E-state index in [0.717, 1.165) is 52.6 Å². The normalized spacial score (nSPS) is 14.0. The largest absolute Gasteiger partial charge is 0.496 e. The van der Waals surface area contributed by atoms with Gasteiger partial charge in [-0.2, -0.15) is 0 Å². The van der Waals surface area contributed by atoms with Crippen LogP contribution in [-0.4, -0.2) is 48.5 Å². The van der Waals surface area contributed by atoms with Crippen molar-refractivity contribution in [1.82, 2.24) is 20.6 Å². The molecule has 10 heteroatoms. The molecule has 2 aromatic heterocycles. The summed E-state index contributed by atoms with van der Waals surface area (Å²) in [7, 11) is 3.30. The zero-order valence-corrected chi connectivity index (χ0v) is 25.5. The van der Waals surface area contributed by atoms with E-state index in [9.17, 15) is 14.4 Å². The van der Waals surface area contributed by atoms with Gasteiger partial charge in [-0.15, -0.1) is 11.3 Å². The summed E-state index contributed by atoms with van der Waals surface area (Å²) in [6, 6.07) is 5.32. The van der Waals surface area contributed by atoms with Crippen LogP contribution in [0, 0.1) is 12.8 Å². The number of amides is 2. The molecule has 39 heavy (non-hydrogen) atoms. The Labute approximate surface area is 236 Å². The Bertz CT molecular complexity index is 1260. The number of ether oxygens (including phenoxy) is 1. The molecule has 2 amide bonds. The number of nitrogens with one attached hydrogen (secondary N) is 3. The van der Waals surface area contributed by atoms with Crippen LogP contribution in [0.25, 0.3) is 21.6 Å². The molecule has 0 saturated carbocycles. The van der Waals surface area contributed by atoms with Crippen LogP contribution < -0.4 is 26.5 Å². The highest BCUT2D eigenvalue weighted by Gasteiger charge is 2.20. The van der Waals surface area contributed by atoms with Gasteiger partial charge in [0.05, 0.1) is 30.1 Å². The molecular weight excluding hydrogens is 514 g/mol. The first-order chi connectivity index (χ1) is 18.5. The van der Waals surface area contributed by atoms with Gasteiger partial charge in [-0.25, -0.2) is 4.98 Å². The Morgan fingerprint density at radius 1 is 1.21 bits per heavy atom. The second kappa shape index (κ2) is 16.7. The summed E-state index contributed by atoms with van der Waals surface area (Å²) in [6.07, 6.45) is 2.11. The van der Waals surface area contributed by atoms with Gasteiger partial charge in [-0.05, 0) is 44.4 Å². The Kier molecular flexibility index (Phi) is 14.4. The van der Waals surface area contributed by atoms with Gasteiger partial charge in [0.25, 0.3) is 0 Å². The number of pyridine rings is 1. The maximum absolute atomic E-state index is 12.4. The van der Waals surface area contributed by atoms with Gasteiger partial charge in [0.15, 0.2) is 5.43 Å². The fraction of sp³-hybridized carbons (Fsp3) is 0.517. The van der Waals surface area contributed by atoms with E-state index < -0.39 is 0 Å². The Morgan fingerprint density at radius 2 is 1.85 bits per heavy atom. The summed E-state index contributed by atoms with van der Waals surface area (Å²) < 4.78 is 5.34. The first kappa shape index (κ1) is 33.8. The summed E-state index contributed by atoms with van der Waals surface area (Å²) in [5, 5.41) is 9.25. The summed E-state index contributed by atoms with van der Waals surface area (Å²) in [6.45, 7) is 14.7. The second-order valence-electron chi connectivity index (χ2n) is 9.42. The van der Waals surface area contributed by atoms with E-state index in [1.165, 1.54) is 0 Å². The van der Waals surface area contributed by atoms with Crippen LogP contribution in [-0.2, 0) is 9.59 Å². The van der Waals surface area contributed by atoms with Crippen LogP contribution in [0.2, 0.25) is 0 Å². The summed E-state index contributed by atoms with van der Waals surface area (Å²) in [4.78, 5) is 41.1. The van der Waals surface area contributed by atoms with E-state index in [1.807, 2.05) is 32.2 Å². The van der Waals surface area contributed by atoms with Gasteiger partial charge in [0, 0.05) is 35.4 Å². The fourth-order valence-electron chi connectivity index (χ4n) is 3.53. The number of primary amides is 1. The predicted molar refractivity (Wildman–Crippen MR) is 162 cm³/mol. The smallest absolute Gasteiger partial charge is 0.236 e. The third kappa shape index (κ3) is 9.78. The number of fused-ring (bicyclic) bond motifs is 1. The third-order valence-corrected chi connectivity index (χ3v) is 6.87. The van der Waals surface area contributed by atoms with E-state index in [4.69, 9.17) is 10.5 Å². The van der Waals surface area contributed by atoms with Crippen molar-refractivity contribution in [3.8, 4) is 16.5 Å². The van der Waals surface area contributed by atoms with Crippen LogP contribution in [0.15, 0.2) is 28.4 Å². The summed E-state index contributed by atoms with van der Waals surface area (Å²) >= 11 is 1.55. The second-order valence-corrected chi connectivity index (χ2v) is 10.3.